The summed E-state index contributed by atoms with van der Waals surface area (Å²) in [5, 5.41) is 2.42. The minimum atomic E-state index is -0.767. The summed E-state index contributed by atoms with van der Waals surface area (Å²) in [6, 6.07) is -0.767. The van der Waals surface area contributed by atoms with Gasteiger partial charge in [-0.15, -0.1) is 0 Å². The van der Waals surface area contributed by atoms with Crippen LogP contribution in [0.25, 0.3) is 0 Å². The maximum Gasteiger partial charge on any atom is 0.302 e. The van der Waals surface area contributed by atoms with Gasteiger partial charge < -0.3 is 10.1 Å². The zero-order valence-corrected chi connectivity index (χ0v) is 8.79. The van der Waals surface area contributed by atoms with Gasteiger partial charge >= 0.3 is 5.97 Å². The smallest absolute Gasteiger partial charge is 0.302 e. The number of carbonyl (C=O) groups excluding carboxylic acids is 3. The van der Waals surface area contributed by atoms with E-state index in [1.54, 1.807) is 6.92 Å². The number of hydrogen-bond acceptors (Lipinski definition) is 4. The van der Waals surface area contributed by atoms with Crippen LogP contribution in [-0.2, 0) is 19.1 Å². The number of ether oxygens (including phenoxy) is 1. The molecule has 0 spiro atoms. The second kappa shape index (κ2) is 5.36. The van der Waals surface area contributed by atoms with Crippen molar-refractivity contribution in [1.82, 2.24) is 5.32 Å². The molecule has 0 aromatic carbocycles. The van der Waals surface area contributed by atoms with Crippen molar-refractivity contribution in [2.75, 3.05) is 0 Å². The highest BCUT2D eigenvalue weighted by Crippen LogP contribution is 2.01. The molecule has 14 heavy (non-hydrogen) atoms. The van der Waals surface area contributed by atoms with Crippen molar-refractivity contribution >= 4 is 17.7 Å². The van der Waals surface area contributed by atoms with Crippen LogP contribution in [0.5, 0.6) is 0 Å². The van der Waals surface area contributed by atoms with Crippen molar-refractivity contribution in [3.05, 3.63) is 0 Å². The van der Waals surface area contributed by atoms with E-state index in [9.17, 15) is 14.4 Å². The SMILES string of the molecule is CC(=O)NC(C(C)=O)C(C)OC(C)=O. The van der Waals surface area contributed by atoms with Gasteiger partial charge in [-0.3, -0.25) is 14.4 Å². The Morgan fingerprint density at radius 2 is 1.64 bits per heavy atom. The standard InChI is InChI=1S/C9H15NO4/c1-5(11)9(10-7(3)12)6(2)14-8(4)13/h6,9H,1-4H3,(H,10,12). The van der Waals surface area contributed by atoms with Crippen LogP contribution in [0, 0.1) is 0 Å². The summed E-state index contributed by atoms with van der Waals surface area (Å²) >= 11 is 0. The van der Waals surface area contributed by atoms with E-state index in [4.69, 9.17) is 4.74 Å². The van der Waals surface area contributed by atoms with Crippen molar-refractivity contribution in [2.45, 2.75) is 39.8 Å². The molecule has 0 aliphatic carbocycles. The average molecular weight is 201 g/mol. The van der Waals surface area contributed by atoms with Gasteiger partial charge in [0.2, 0.25) is 5.91 Å². The highest BCUT2D eigenvalue weighted by molar-refractivity contribution is 5.87. The van der Waals surface area contributed by atoms with E-state index >= 15 is 0 Å². The fourth-order valence-electron chi connectivity index (χ4n) is 1.10. The van der Waals surface area contributed by atoms with E-state index in [2.05, 4.69) is 5.32 Å². The highest BCUT2D eigenvalue weighted by atomic mass is 16.5. The number of rotatable bonds is 4. The fraction of sp³-hybridized carbons (Fsp3) is 0.667. The molecule has 0 fully saturated rings. The minimum Gasteiger partial charge on any atom is -0.460 e. The second-order valence-electron chi connectivity index (χ2n) is 3.10. The summed E-state index contributed by atoms with van der Waals surface area (Å²) in [6.07, 6.45) is -0.645. The Morgan fingerprint density at radius 3 is 1.93 bits per heavy atom. The number of amides is 1. The average Bonchev–Trinajstić information content (AvgIpc) is 1.97. The van der Waals surface area contributed by atoms with Gasteiger partial charge in [0.05, 0.1) is 0 Å². The maximum atomic E-state index is 11.1. The van der Waals surface area contributed by atoms with Crippen LogP contribution in [0.1, 0.15) is 27.7 Å². The Kier molecular flexibility index (Phi) is 4.83. The van der Waals surface area contributed by atoms with Crippen LogP contribution in [0.2, 0.25) is 0 Å². The Balaban J connectivity index is 4.40. The number of ketones is 1. The molecule has 80 valence electrons. The van der Waals surface area contributed by atoms with Gasteiger partial charge in [0, 0.05) is 13.8 Å². The topological polar surface area (TPSA) is 72.5 Å². The minimum absolute atomic E-state index is 0.242. The van der Waals surface area contributed by atoms with Crippen LogP contribution >= 0.6 is 0 Å². The van der Waals surface area contributed by atoms with Crippen molar-refractivity contribution in [1.29, 1.82) is 0 Å². The van der Waals surface area contributed by atoms with E-state index in [1.807, 2.05) is 0 Å². The van der Waals surface area contributed by atoms with Crippen LogP contribution in [0.15, 0.2) is 0 Å². The molecule has 0 saturated heterocycles. The van der Waals surface area contributed by atoms with Gasteiger partial charge in [0.15, 0.2) is 5.78 Å². The Morgan fingerprint density at radius 1 is 1.14 bits per heavy atom. The zero-order valence-electron chi connectivity index (χ0n) is 8.79. The lowest BCUT2D eigenvalue weighted by atomic mass is 10.1. The molecule has 5 heteroatoms. The molecule has 0 bridgehead atoms. The molecule has 0 radical (unpaired) electrons. The predicted molar refractivity (Wildman–Crippen MR) is 49.5 cm³/mol. The highest BCUT2D eigenvalue weighted by Gasteiger charge is 2.24. The summed E-state index contributed by atoms with van der Waals surface area (Å²) in [5.74, 6) is -1.05. The van der Waals surface area contributed by atoms with Gasteiger partial charge in [-0.1, -0.05) is 0 Å². The van der Waals surface area contributed by atoms with Gasteiger partial charge in [-0.2, -0.15) is 0 Å². The van der Waals surface area contributed by atoms with Crippen molar-refractivity contribution in [2.24, 2.45) is 0 Å². The Labute approximate surface area is 82.8 Å². The summed E-state index contributed by atoms with van der Waals surface area (Å²) in [6.45, 7) is 5.45. The molecule has 0 aliphatic rings. The normalized spacial score (nSPS) is 14.0. The lowest BCUT2D eigenvalue weighted by Crippen LogP contribution is -2.47. The monoisotopic (exact) mass is 201 g/mol. The second-order valence-corrected chi connectivity index (χ2v) is 3.10. The van der Waals surface area contributed by atoms with Crippen molar-refractivity contribution in [3.63, 3.8) is 0 Å². The van der Waals surface area contributed by atoms with E-state index < -0.39 is 18.1 Å². The van der Waals surface area contributed by atoms with Crippen LogP contribution in [0.3, 0.4) is 0 Å². The third-order valence-corrected chi connectivity index (χ3v) is 1.62. The first-order chi connectivity index (χ1) is 6.34. The maximum absolute atomic E-state index is 11.1. The first kappa shape index (κ1) is 12.6. The Hall–Kier alpha value is -1.39. The largest absolute Gasteiger partial charge is 0.460 e. The molecule has 1 N–H and O–H groups in total. The van der Waals surface area contributed by atoms with Crippen LogP contribution in [0.4, 0.5) is 0 Å². The quantitative estimate of drug-likeness (QED) is 0.651. The lowest BCUT2D eigenvalue weighted by molar-refractivity contribution is -0.149. The molecule has 2 atom stereocenters. The summed E-state index contributed by atoms with van der Waals surface area (Å²) in [4.78, 5) is 32.5. The van der Waals surface area contributed by atoms with Gasteiger partial charge in [-0.25, -0.2) is 0 Å². The van der Waals surface area contributed by atoms with Crippen LogP contribution in [-0.4, -0.2) is 29.8 Å². The first-order valence-electron chi connectivity index (χ1n) is 4.29. The molecular formula is C9H15NO4. The molecule has 0 heterocycles. The molecule has 2 unspecified atom stereocenters. The number of esters is 1. The number of Topliss-reactive ketones (excluding diaryl/α,β-unsaturated/α-hetero) is 1. The van der Waals surface area contributed by atoms with Crippen molar-refractivity contribution < 1.29 is 19.1 Å². The number of hydrogen-bond donors (Lipinski definition) is 1. The van der Waals surface area contributed by atoms with E-state index in [0.29, 0.717) is 0 Å². The molecule has 0 aliphatic heterocycles. The molecule has 0 saturated carbocycles. The van der Waals surface area contributed by atoms with Gasteiger partial charge in [0.25, 0.3) is 0 Å². The van der Waals surface area contributed by atoms with Gasteiger partial charge in [-0.05, 0) is 13.8 Å². The fourth-order valence-corrected chi connectivity index (χ4v) is 1.10. The van der Waals surface area contributed by atoms with Crippen LogP contribution < -0.4 is 5.32 Å². The number of nitrogens with one attached hydrogen (secondary N) is 1. The number of carbonyl (C=O) groups is 3. The summed E-state index contributed by atoms with van der Waals surface area (Å²) in [5.41, 5.74) is 0. The molecule has 0 aromatic rings. The zero-order chi connectivity index (χ0) is 11.3. The predicted octanol–water partition coefficient (Wildman–Crippen LogP) is 0.0317. The van der Waals surface area contributed by atoms with Crippen molar-refractivity contribution in [3.8, 4) is 0 Å². The molecular weight excluding hydrogens is 186 g/mol. The third-order valence-electron chi connectivity index (χ3n) is 1.62. The lowest BCUT2D eigenvalue weighted by Gasteiger charge is -2.21. The van der Waals surface area contributed by atoms with E-state index in [-0.39, 0.29) is 11.7 Å². The Bertz CT molecular complexity index is 249. The molecule has 0 rings (SSSR count). The molecule has 1 amide bonds. The third kappa shape index (κ3) is 4.59. The summed E-state index contributed by atoms with van der Waals surface area (Å²) in [7, 11) is 0. The van der Waals surface area contributed by atoms with Gasteiger partial charge in [0.1, 0.15) is 12.1 Å². The molecule has 0 aromatic heterocycles. The van der Waals surface area contributed by atoms with E-state index in [0.717, 1.165) is 0 Å². The summed E-state index contributed by atoms with van der Waals surface area (Å²) < 4.78 is 4.80. The first-order valence-corrected chi connectivity index (χ1v) is 4.29. The molecule has 5 nitrogen and oxygen atoms in total. The van der Waals surface area contributed by atoms with E-state index in [1.165, 1.54) is 20.8 Å².